The van der Waals surface area contributed by atoms with E-state index in [2.05, 4.69) is 47.7 Å². The Balaban J connectivity index is 2.31. The van der Waals surface area contributed by atoms with Gasteiger partial charge in [-0.2, -0.15) is 0 Å². The molecule has 3 heteroatoms. The van der Waals surface area contributed by atoms with Gasteiger partial charge in [-0.1, -0.05) is 25.1 Å². The number of benzene rings is 1. The molecule has 0 N–H and O–H groups in total. The number of aryl methyl sites for hydroxylation is 2. The number of hydrogen-bond donors (Lipinski definition) is 0. The van der Waals surface area contributed by atoms with Crippen LogP contribution < -0.4 is 0 Å². The number of para-hydroxylation sites is 1. The molecule has 2 aromatic heterocycles. The summed E-state index contributed by atoms with van der Waals surface area (Å²) in [5.41, 5.74) is 4.33. The van der Waals surface area contributed by atoms with Crippen molar-refractivity contribution in [3.8, 4) is 5.69 Å². The molecule has 0 unspecified atom stereocenters. The lowest BCUT2D eigenvalue weighted by atomic mass is 10.2. The highest BCUT2D eigenvalue weighted by atomic mass is 15.1. The van der Waals surface area contributed by atoms with Crippen molar-refractivity contribution in [2.45, 2.75) is 26.7 Å². The molecular weight excluding hydrogens is 234 g/mol. The van der Waals surface area contributed by atoms with Crippen molar-refractivity contribution in [1.82, 2.24) is 14.5 Å². The Kier molecular flexibility index (Phi) is 3.03. The summed E-state index contributed by atoms with van der Waals surface area (Å²) < 4.78 is 2.19. The molecule has 0 aliphatic carbocycles. The topological polar surface area (TPSA) is 30.7 Å². The zero-order chi connectivity index (χ0) is 13.2. The largest absolute Gasteiger partial charge is 0.280 e. The first kappa shape index (κ1) is 11.9. The van der Waals surface area contributed by atoms with Gasteiger partial charge in [0.25, 0.3) is 0 Å². The van der Waals surface area contributed by atoms with Crippen molar-refractivity contribution in [1.29, 1.82) is 0 Å². The molecule has 3 nitrogen and oxygen atoms in total. The maximum atomic E-state index is 4.72. The van der Waals surface area contributed by atoms with Gasteiger partial charge in [0.1, 0.15) is 11.3 Å². The summed E-state index contributed by atoms with van der Waals surface area (Å²) in [7, 11) is 0. The van der Waals surface area contributed by atoms with E-state index in [-0.39, 0.29) is 0 Å². The van der Waals surface area contributed by atoms with Crippen LogP contribution in [0.15, 0.2) is 42.6 Å². The second-order valence-electron chi connectivity index (χ2n) is 4.75. The van der Waals surface area contributed by atoms with Crippen molar-refractivity contribution in [2.75, 3.05) is 0 Å². The van der Waals surface area contributed by atoms with Gasteiger partial charge in [-0.25, -0.2) is 9.97 Å². The zero-order valence-corrected chi connectivity index (χ0v) is 11.3. The molecular formula is C16H17N3. The summed E-state index contributed by atoms with van der Waals surface area (Å²) >= 11 is 0. The van der Waals surface area contributed by atoms with Crippen LogP contribution in [0.4, 0.5) is 0 Å². The van der Waals surface area contributed by atoms with Crippen molar-refractivity contribution < 1.29 is 0 Å². The molecule has 3 aromatic rings. The summed E-state index contributed by atoms with van der Waals surface area (Å²) in [4.78, 5) is 9.22. The fraction of sp³-hybridized carbons (Fsp3) is 0.250. The third-order valence-electron chi connectivity index (χ3n) is 3.32. The number of aromatic nitrogens is 3. The first-order chi connectivity index (χ1) is 9.31. The number of imidazole rings is 1. The summed E-state index contributed by atoms with van der Waals surface area (Å²) in [5, 5.41) is 0. The van der Waals surface area contributed by atoms with Crippen LogP contribution in [0.25, 0.3) is 16.9 Å². The third-order valence-corrected chi connectivity index (χ3v) is 3.32. The zero-order valence-electron chi connectivity index (χ0n) is 11.3. The Bertz CT molecular complexity index is 713. The Labute approximate surface area is 112 Å². The minimum absolute atomic E-state index is 0.945. The van der Waals surface area contributed by atoms with Crippen molar-refractivity contribution >= 4 is 11.2 Å². The molecule has 0 aliphatic rings. The Morgan fingerprint density at radius 3 is 2.74 bits per heavy atom. The molecule has 96 valence electrons. The fourth-order valence-electron chi connectivity index (χ4n) is 2.42. The summed E-state index contributed by atoms with van der Waals surface area (Å²) in [6, 6.07) is 12.3. The third kappa shape index (κ3) is 2.01. The summed E-state index contributed by atoms with van der Waals surface area (Å²) in [6.07, 6.45) is 3.87. The SMILES string of the molecule is CCCc1nc2cccnc2n1-c1ccccc1C. The molecule has 0 fully saturated rings. The van der Waals surface area contributed by atoms with Gasteiger partial charge in [-0.05, 0) is 37.1 Å². The average molecular weight is 251 g/mol. The van der Waals surface area contributed by atoms with Crippen LogP contribution in [-0.2, 0) is 6.42 Å². The van der Waals surface area contributed by atoms with Crippen LogP contribution in [0.1, 0.15) is 24.7 Å². The van der Waals surface area contributed by atoms with Crippen LogP contribution in [0.2, 0.25) is 0 Å². The van der Waals surface area contributed by atoms with Crippen LogP contribution in [0.5, 0.6) is 0 Å². The van der Waals surface area contributed by atoms with E-state index in [0.717, 1.165) is 29.8 Å². The maximum Gasteiger partial charge on any atom is 0.164 e. The minimum Gasteiger partial charge on any atom is -0.280 e. The number of hydrogen-bond acceptors (Lipinski definition) is 2. The lowest BCUT2D eigenvalue weighted by Crippen LogP contribution is -2.03. The van der Waals surface area contributed by atoms with E-state index >= 15 is 0 Å². The van der Waals surface area contributed by atoms with E-state index in [4.69, 9.17) is 4.98 Å². The van der Waals surface area contributed by atoms with Gasteiger partial charge >= 0.3 is 0 Å². The molecule has 0 aliphatic heterocycles. The second-order valence-corrected chi connectivity index (χ2v) is 4.75. The first-order valence-corrected chi connectivity index (χ1v) is 6.69. The Morgan fingerprint density at radius 1 is 1.11 bits per heavy atom. The maximum absolute atomic E-state index is 4.72. The van der Waals surface area contributed by atoms with Gasteiger partial charge in [0.05, 0.1) is 5.69 Å². The quantitative estimate of drug-likeness (QED) is 0.711. The lowest BCUT2D eigenvalue weighted by Gasteiger charge is -2.10. The average Bonchev–Trinajstić information content (AvgIpc) is 2.78. The van der Waals surface area contributed by atoms with E-state index in [1.807, 2.05) is 18.3 Å². The predicted octanol–water partition coefficient (Wildman–Crippen LogP) is 3.68. The van der Waals surface area contributed by atoms with E-state index in [0.29, 0.717) is 0 Å². The molecule has 0 saturated heterocycles. The van der Waals surface area contributed by atoms with Gasteiger partial charge in [0.15, 0.2) is 5.65 Å². The molecule has 0 amide bonds. The molecule has 0 bridgehead atoms. The summed E-state index contributed by atoms with van der Waals surface area (Å²) in [6.45, 7) is 4.30. The molecule has 1 aromatic carbocycles. The van der Waals surface area contributed by atoms with Gasteiger partial charge in [0, 0.05) is 12.6 Å². The predicted molar refractivity (Wildman–Crippen MR) is 77.6 cm³/mol. The van der Waals surface area contributed by atoms with Crippen LogP contribution in [0.3, 0.4) is 0 Å². The normalized spacial score (nSPS) is 11.1. The minimum atomic E-state index is 0.945. The highest BCUT2D eigenvalue weighted by molar-refractivity contribution is 5.74. The van der Waals surface area contributed by atoms with Gasteiger partial charge in [-0.15, -0.1) is 0 Å². The fourth-order valence-corrected chi connectivity index (χ4v) is 2.42. The number of rotatable bonds is 3. The lowest BCUT2D eigenvalue weighted by molar-refractivity contribution is 0.813. The second kappa shape index (κ2) is 4.84. The smallest absolute Gasteiger partial charge is 0.164 e. The van der Waals surface area contributed by atoms with Crippen molar-refractivity contribution in [3.63, 3.8) is 0 Å². The van der Waals surface area contributed by atoms with Crippen LogP contribution >= 0.6 is 0 Å². The molecule has 0 radical (unpaired) electrons. The molecule has 2 heterocycles. The first-order valence-electron chi connectivity index (χ1n) is 6.69. The number of nitrogens with zero attached hydrogens (tertiary/aromatic N) is 3. The van der Waals surface area contributed by atoms with Crippen LogP contribution in [0, 0.1) is 6.92 Å². The van der Waals surface area contributed by atoms with E-state index in [1.165, 1.54) is 11.3 Å². The van der Waals surface area contributed by atoms with Crippen LogP contribution in [-0.4, -0.2) is 14.5 Å². The molecule has 0 atom stereocenters. The Morgan fingerprint density at radius 2 is 1.95 bits per heavy atom. The van der Waals surface area contributed by atoms with Crippen molar-refractivity contribution in [2.24, 2.45) is 0 Å². The molecule has 0 spiro atoms. The molecule has 3 rings (SSSR count). The van der Waals surface area contributed by atoms with E-state index in [1.54, 1.807) is 0 Å². The van der Waals surface area contributed by atoms with E-state index < -0.39 is 0 Å². The highest BCUT2D eigenvalue weighted by Gasteiger charge is 2.13. The van der Waals surface area contributed by atoms with Crippen molar-refractivity contribution in [3.05, 3.63) is 54.0 Å². The van der Waals surface area contributed by atoms with Gasteiger partial charge < -0.3 is 0 Å². The van der Waals surface area contributed by atoms with E-state index in [9.17, 15) is 0 Å². The van der Waals surface area contributed by atoms with Gasteiger partial charge in [-0.3, -0.25) is 4.57 Å². The highest BCUT2D eigenvalue weighted by Crippen LogP contribution is 2.22. The van der Waals surface area contributed by atoms with Gasteiger partial charge in [0.2, 0.25) is 0 Å². The molecule has 19 heavy (non-hydrogen) atoms. The standard InChI is InChI=1S/C16H17N3/c1-3-7-15-18-13-9-6-11-17-16(13)19(15)14-10-5-4-8-12(14)2/h4-6,8-11H,3,7H2,1-2H3. The number of fused-ring (bicyclic) bond motifs is 1. The summed E-state index contributed by atoms with van der Waals surface area (Å²) in [5.74, 6) is 1.09. The Hall–Kier alpha value is -2.16. The number of pyridine rings is 1. The molecule has 0 saturated carbocycles. The monoisotopic (exact) mass is 251 g/mol.